The molecule has 0 aliphatic carbocycles. The van der Waals surface area contributed by atoms with Crippen molar-refractivity contribution in [3.63, 3.8) is 0 Å². The van der Waals surface area contributed by atoms with Crippen LogP contribution in [0.2, 0.25) is 0 Å². The van der Waals surface area contributed by atoms with Gasteiger partial charge in [0.05, 0.1) is 25.4 Å². The van der Waals surface area contributed by atoms with Crippen molar-refractivity contribution in [3.8, 4) is 0 Å². The van der Waals surface area contributed by atoms with E-state index >= 15 is 0 Å². The number of aliphatic hydroxyl groups excluding tert-OH is 2. The molecule has 0 aromatic heterocycles. The molecule has 0 aliphatic rings. The highest BCUT2D eigenvalue weighted by atomic mass is 16.5. The fourth-order valence-electron chi connectivity index (χ4n) is 12.3. The maximum atomic E-state index is 12.5. The van der Waals surface area contributed by atoms with E-state index < -0.39 is 12.1 Å². The number of carbonyl (C=O) groups excluding carboxylic acids is 2. The number of ether oxygens (including phenoxy) is 1. The third-order valence-electron chi connectivity index (χ3n) is 18.2. The van der Waals surface area contributed by atoms with E-state index in [0.29, 0.717) is 25.9 Å². The molecular formula is C79H151NO5. The van der Waals surface area contributed by atoms with Crippen molar-refractivity contribution < 1.29 is 24.5 Å². The Balaban J connectivity index is 3.36. The number of hydrogen-bond acceptors (Lipinski definition) is 5. The van der Waals surface area contributed by atoms with Gasteiger partial charge < -0.3 is 20.3 Å². The van der Waals surface area contributed by atoms with Gasteiger partial charge in [-0.3, -0.25) is 9.59 Å². The second-order valence-corrected chi connectivity index (χ2v) is 26.7. The number of esters is 1. The molecule has 0 spiro atoms. The van der Waals surface area contributed by atoms with Gasteiger partial charge in [0.2, 0.25) is 5.91 Å². The lowest BCUT2D eigenvalue weighted by molar-refractivity contribution is -0.143. The zero-order chi connectivity index (χ0) is 61.3. The second kappa shape index (κ2) is 74.5. The summed E-state index contributed by atoms with van der Waals surface area (Å²) in [5.41, 5.74) is 0. The SMILES string of the molecule is CCCCCCCC/C=C\CCCCCCCCCC(=O)OCCCCCCCCCCCCC/C=C\C/C=C\CCCCCCCCCCCCCCCCCCCC(=O)NC(CO)C(O)CCCCCCCCCCCCCCCCCC. The Hall–Kier alpha value is -1.92. The minimum absolute atomic E-state index is 0.0141. The fraction of sp³-hybridized carbons (Fsp3) is 0.899. The van der Waals surface area contributed by atoms with Crippen molar-refractivity contribution in [2.24, 2.45) is 0 Å². The molecule has 502 valence electrons. The smallest absolute Gasteiger partial charge is 0.305 e. The summed E-state index contributed by atoms with van der Waals surface area (Å²) in [6.45, 7) is 4.99. The normalized spacial score (nSPS) is 12.7. The van der Waals surface area contributed by atoms with E-state index in [1.807, 2.05) is 0 Å². The Bertz CT molecular complexity index is 1380. The van der Waals surface area contributed by atoms with Crippen LogP contribution >= 0.6 is 0 Å². The van der Waals surface area contributed by atoms with Crippen LogP contribution in [0.15, 0.2) is 36.5 Å². The number of allylic oxidation sites excluding steroid dienone is 6. The van der Waals surface area contributed by atoms with E-state index in [-0.39, 0.29) is 18.5 Å². The van der Waals surface area contributed by atoms with Crippen molar-refractivity contribution in [2.75, 3.05) is 13.2 Å². The summed E-state index contributed by atoms with van der Waals surface area (Å²) in [5, 5.41) is 23.4. The van der Waals surface area contributed by atoms with Crippen LogP contribution < -0.4 is 5.32 Å². The van der Waals surface area contributed by atoms with Gasteiger partial charge in [-0.2, -0.15) is 0 Å². The molecule has 0 bridgehead atoms. The van der Waals surface area contributed by atoms with Gasteiger partial charge in [0.25, 0.3) is 0 Å². The van der Waals surface area contributed by atoms with E-state index in [1.54, 1.807) is 0 Å². The Kier molecular flexibility index (Phi) is 72.9. The van der Waals surface area contributed by atoms with Crippen molar-refractivity contribution in [1.82, 2.24) is 5.32 Å². The van der Waals surface area contributed by atoms with Crippen LogP contribution in [0.4, 0.5) is 0 Å². The van der Waals surface area contributed by atoms with E-state index in [2.05, 4.69) is 55.6 Å². The van der Waals surface area contributed by atoms with Gasteiger partial charge in [-0.05, 0) is 83.5 Å². The summed E-state index contributed by atoms with van der Waals surface area (Å²) in [6, 6.07) is -0.540. The number of nitrogens with one attached hydrogen (secondary N) is 1. The predicted molar refractivity (Wildman–Crippen MR) is 375 cm³/mol. The standard InChI is InChI=1S/C79H151NO5/c1-3-5-7-9-11-13-15-17-19-40-45-49-53-57-61-65-69-73-79(84)85-74-70-66-62-58-54-50-46-42-39-37-35-33-31-29-27-25-23-21-22-24-26-28-30-32-34-36-38-41-44-48-52-56-60-64-68-72-78(83)80-76(75-81)77(82)71-67-63-59-55-51-47-43-20-18-16-14-12-10-8-6-4-2/h17,19,23,25,29,31,76-77,81-82H,3-16,18,20-22,24,26-28,30,32-75H2,1-2H3,(H,80,83)/b19-17-,25-23-,31-29-. The van der Waals surface area contributed by atoms with Crippen LogP contribution in [-0.4, -0.2) is 47.4 Å². The molecule has 3 N–H and O–H groups in total. The van der Waals surface area contributed by atoms with E-state index in [1.165, 1.54) is 347 Å². The molecule has 0 aliphatic heterocycles. The molecule has 0 fully saturated rings. The first kappa shape index (κ1) is 83.1. The summed E-state index contributed by atoms with van der Waals surface area (Å²) in [7, 11) is 0. The lowest BCUT2D eigenvalue weighted by Crippen LogP contribution is -2.45. The third kappa shape index (κ3) is 71.0. The van der Waals surface area contributed by atoms with Gasteiger partial charge in [0.1, 0.15) is 0 Å². The lowest BCUT2D eigenvalue weighted by atomic mass is 10.0. The Morgan fingerprint density at radius 3 is 0.906 bits per heavy atom. The van der Waals surface area contributed by atoms with Gasteiger partial charge in [0.15, 0.2) is 0 Å². The number of rotatable bonds is 73. The highest BCUT2D eigenvalue weighted by molar-refractivity contribution is 5.76. The largest absolute Gasteiger partial charge is 0.466 e. The van der Waals surface area contributed by atoms with Gasteiger partial charge in [-0.25, -0.2) is 0 Å². The average Bonchev–Trinajstić information content (AvgIpc) is 3.51. The molecule has 0 aromatic carbocycles. The Labute approximate surface area is 532 Å². The van der Waals surface area contributed by atoms with Crippen molar-refractivity contribution >= 4 is 11.9 Å². The predicted octanol–water partition coefficient (Wildman–Crippen LogP) is 25.4. The first-order valence-corrected chi connectivity index (χ1v) is 38.7. The van der Waals surface area contributed by atoms with Crippen molar-refractivity contribution in [1.29, 1.82) is 0 Å². The van der Waals surface area contributed by atoms with Crippen molar-refractivity contribution in [3.05, 3.63) is 36.5 Å². The highest BCUT2D eigenvalue weighted by Crippen LogP contribution is 2.19. The Morgan fingerprint density at radius 1 is 0.329 bits per heavy atom. The minimum atomic E-state index is -0.663. The molecule has 2 atom stereocenters. The molecule has 0 saturated heterocycles. The van der Waals surface area contributed by atoms with Gasteiger partial charge in [-0.1, -0.05) is 371 Å². The van der Waals surface area contributed by atoms with E-state index in [4.69, 9.17) is 4.74 Å². The van der Waals surface area contributed by atoms with Crippen LogP contribution in [0.1, 0.15) is 431 Å². The van der Waals surface area contributed by atoms with Gasteiger partial charge >= 0.3 is 5.97 Å². The number of hydrogen-bond donors (Lipinski definition) is 3. The molecule has 1 amide bonds. The monoisotopic (exact) mass is 1190 g/mol. The molecule has 6 heteroatoms. The quantitative estimate of drug-likeness (QED) is 0.0320. The van der Waals surface area contributed by atoms with Crippen molar-refractivity contribution in [2.45, 2.75) is 443 Å². The summed E-state index contributed by atoms with van der Waals surface area (Å²) >= 11 is 0. The fourth-order valence-corrected chi connectivity index (χ4v) is 12.3. The number of carbonyl (C=O) groups is 2. The van der Waals surface area contributed by atoms with Crippen LogP contribution in [0, 0.1) is 0 Å². The van der Waals surface area contributed by atoms with Gasteiger partial charge in [0, 0.05) is 12.8 Å². The van der Waals surface area contributed by atoms with Crippen LogP contribution in [0.3, 0.4) is 0 Å². The zero-order valence-electron chi connectivity index (χ0n) is 57.6. The van der Waals surface area contributed by atoms with Crippen LogP contribution in [-0.2, 0) is 14.3 Å². The molecular weight excluding hydrogens is 1040 g/mol. The first-order chi connectivity index (χ1) is 42.0. The average molecular weight is 1200 g/mol. The topological polar surface area (TPSA) is 95.9 Å². The van der Waals surface area contributed by atoms with Gasteiger partial charge in [-0.15, -0.1) is 0 Å². The maximum Gasteiger partial charge on any atom is 0.305 e. The molecule has 0 rings (SSSR count). The number of aliphatic hydroxyl groups is 2. The number of amides is 1. The molecule has 0 heterocycles. The summed E-state index contributed by atoms with van der Waals surface area (Å²) in [6.07, 6.45) is 96.6. The molecule has 85 heavy (non-hydrogen) atoms. The zero-order valence-corrected chi connectivity index (χ0v) is 57.6. The maximum absolute atomic E-state index is 12.5. The molecule has 0 saturated carbocycles. The second-order valence-electron chi connectivity index (χ2n) is 26.7. The Morgan fingerprint density at radius 2 is 0.588 bits per heavy atom. The summed E-state index contributed by atoms with van der Waals surface area (Å²) in [5.74, 6) is -0.0151. The van der Waals surface area contributed by atoms with E-state index in [0.717, 1.165) is 51.4 Å². The third-order valence-corrected chi connectivity index (χ3v) is 18.2. The minimum Gasteiger partial charge on any atom is -0.466 e. The highest BCUT2D eigenvalue weighted by Gasteiger charge is 2.20. The van der Waals surface area contributed by atoms with Crippen LogP contribution in [0.5, 0.6) is 0 Å². The van der Waals surface area contributed by atoms with Crippen LogP contribution in [0.25, 0.3) is 0 Å². The lowest BCUT2D eigenvalue weighted by Gasteiger charge is -2.22. The summed E-state index contributed by atoms with van der Waals surface area (Å²) in [4.78, 5) is 24.6. The van der Waals surface area contributed by atoms with E-state index in [9.17, 15) is 19.8 Å². The molecule has 2 unspecified atom stereocenters. The first-order valence-electron chi connectivity index (χ1n) is 38.7. The summed E-state index contributed by atoms with van der Waals surface area (Å²) < 4.78 is 5.50. The molecule has 0 aromatic rings. The molecule has 6 nitrogen and oxygen atoms in total. The molecule has 0 radical (unpaired) electrons. The number of unbranched alkanes of at least 4 members (excludes halogenated alkanes) is 56.